The highest BCUT2D eigenvalue weighted by atomic mass is 16.5. The number of carbonyl (C=O) groups excluding carboxylic acids is 3. The number of nitrogens with one attached hydrogen (secondary N) is 1. The number of hydrogen-bond donors (Lipinski definition) is 2. The van der Waals surface area contributed by atoms with Gasteiger partial charge in [0.15, 0.2) is 5.78 Å². The molecule has 0 saturated heterocycles. The number of carbonyl (C=O) groups is 3. The fraction of sp³-hybridized carbons (Fsp3) is 0.786. The maximum absolute atomic E-state index is 12.0. The van der Waals surface area contributed by atoms with Crippen LogP contribution in [0.2, 0.25) is 0 Å². The number of primary amides is 1. The van der Waals surface area contributed by atoms with Crippen LogP contribution in [-0.4, -0.2) is 49.1 Å². The molecule has 1 atom stereocenters. The predicted molar refractivity (Wildman–Crippen MR) is 77.5 cm³/mol. The van der Waals surface area contributed by atoms with Crippen LogP contribution in [-0.2, 0) is 23.9 Å². The number of ketones is 1. The summed E-state index contributed by atoms with van der Waals surface area (Å²) in [5, 5.41) is 2.47. The molecule has 122 valence electrons. The number of amides is 2. The average Bonchev–Trinajstić information content (AvgIpc) is 2.34. The van der Waals surface area contributed by atoms with Gasteiger partial charge in [-0.25, -0.2) is 0 Å². The summed E-state index contributed by atoms with van der Waals surface area (Å²) in [5.74, 6) is -1.39. The third-order valence-electron chi connectivity index (χ3n) is 2.48. The second kappa shape index (κ2) is 10.3. The Bertz CT molecular complexity index is 355. The van der Waals surface area contributed by atoms with E-state index in [2.05, 4.69) is 5.32 Å². The van der Waals surface area contributed by atoms with Gasteiger partial charge in [0.1, 0.15) is 6.61 Å². The van der Waals surface area contributed by atoms with Crippen molar-refractivity contribution in [2.24, 2.45) is 5.73 Å². The second-order valence-electron chi connectivity index (χ2n) is 5.29. The zero-order chi connectivity index (χ0) is 16.4. The van der Waals surface area contributed by atoms with Gasteiger partial charge < -0.3 is 20.5 Å². The molecule has 0 aliphatic rings. The lowest BCUT2D eigenvalue weighted by Gasteiger charge is -2.17. The van der Waals surface area contributed by atoms with Gasteiger partial charge in [-0.1, -0.05) is 0 Å². The first kappa shape index (κ1) is 19.5. The van der Waals surface area contributed by atoms with Crippen molar-refractivity contribution in [1.29, 1.82) is 0 Å². The normalized spacial score (nSPS) is 12.5. The molecule has 0 aromatic carbocycles. The Labute approximate surface area is 125 Å². The minimum Gasteiger partial charge on any atom is -0.378 e. The highest BCUT2D eigenvalue weighted by Crippen LogP contribution is 2.00. The van der Waals surface area contributed by atoms with Gasteiger partial charge in [0, 0.05) is 6.42 Å². The Morgan fingerprint density at radius 2 is 1.62 bits per heavy atom. The molecule has 7 nitrogen and oxygen atoms in total. The monoisotopic (exact) mass is 302 g/mol. The molecule has 21 heavy (non-hydrogen) atoms. The van der Waals surface area contributed by atoms with E-state index in [0.717, 1.165) is 0 Å². The van der Waals surface area contributed by atoms with Crippen molar-refractivity contribution in [1.82, 2.24) is 5.32 Å². The molecule has 0 spiro atoms. The molecular weight excluding hydrogens is 276 g/mol. The van der Waals surface area contributed by atoms with E-state index in [1.807, 2.05) is 13.8 Å². The Morgan fingerprint density at radius 3 is 2.10 bits per heavy atom. The largest absolute Gasteiger partial charge is 0.378 e. The number of Topliss-reactive ketones (excluding diaryl/α,β-unsaturated/α-hetero) is 1. The molecule has 0 bridgehead atoms. The van der Waals surface area contributed by atoms with Gasteiger partial charge >= 0.3 is 0 Å². The van der Waals surface area contributed by atoms with Crippen molar-refractivity contribution in [2.45, 2.75) is 58.8 Å². The van der Waals surface area contributed by atoms with Crippen LogP contribution in [0, 0.1) is 0 Å². The molecule has 1 unspecified atom stereocenters. The van der Waals surface area contributed by atoms with E-state index >= 15 is 0 Å². The molecule has 0 aliphatic heterocycles. The third kappa shape index (κ3) is 10.9. The van der Waals surface area contributed by atoms with E-state index in [4.69, 9.17) is 15.2 Å². The van der Waals surface area contributed by atoms with Gasteiger partial charge in [0.25, 0.3) is 0 Å². The van der Waals surface area contributed by atoms with Crippen LogP contribution in [0.4, 0.5) is 0 Å². The van der Waals surface area contributed by atoms with E-state index in [-0.39, 0.29) is 44.0 Å². The number of ether oxygens (including phenoxy) is 2. The van der Waals surface area contributed by atoms with Crippen LogP contribution in [0.5, 0.6) is 0 Å². The smallest absolute Gasteiger partial charge is 0.246 e. The molecule has 2 amide bonds. The van der Waals surface area contributed by atoms with Crippen LogP contribution < -0.4 is 11.1 Å². The van der Waals surface area contributed by atoms with Gasteiger partial charge in [0.2, 0.25) is 11.8 Å². The molecule has 0 aromatic rings. The quantitative estimate of drug-likeness (QED) is 0.565. The van der Waals surface area contributed by atoms with Crippen molar-refractivity contribution in [3.8, 4) is 0 Å². The first-order valence-electron chi connectivity index (χ1n) is 7.06. The van der Waals surface area contributed by atoms with Crippen molar-refractivity contribution in [3.63, 3.8) is 0 Å². The van der Waals surface area contributed by atoms with Crippen LogP contribution in [0.1, 0.15) is 40.5 Å². The maximum Gasteiger partial charge on any atom is 0.246 e. The predicted octanol–water partition coefficient (Wildman–Crippen LogP) is 0.156. The fourth-order valence-corrected chi connectivity index (χ4v) is 1.49. The number of rotatable bonds is 11. The molecule has 0 aromatic heterocycles. The summed E-state index contributed by atoms with van der Waals surface area (Å²) < 4.78 is 10.4. The summed E-state index contributed by atoms with van der Waals surface area (Å²) in [6, 6.07) is -0.929. The molecule has 0 radical (unpaired) electrons. The molecule has 0 fully saturated rings. The van der Waals surface area contributed by atoms with Gasteiger partial charge in [-0.3, -0.25) is 14.4 Å². The van der Waals surface area contributed by atoms with Gasteiger partial charge in [-0.05, 0) is 27.7 Å². The van der Waals surface area contributed by atoms with Crippen LogP contribution in [0.25, 0.3) is 0 Å². The summed E-state index contributed by atoms with van der Waals surface area (Å²) in [4.78, 5) is 34.6. The van der Waals surface area contributed by atoms with E-state index in [1.54, 1.807) is 13.8 Å². The van der Waals surface area contributed by atoms with Crippen LogP contribution in [0.3, 0.4) is 0 Å². The van der Waals surface area contributed by atoms with Crippen molar-refractivity contribution in [3.05, 3.63) is 0 Å². The highest BCUT2D eigenvalue weighted by Gasteiger charge is 2.22. The summed E-state index contributed by atoms with van der Waals surface area (Å²) in [6.45, 7) is 7.38. The van der Waals surface area contributed by atoms with Crippen LogP contribution in [0.15, 0.2) is 0 Å². The summed E-state index contributed by atoms with van der Waals surface area (Å²) in [7, 11) is 0. The van der Waals surface area contributed by atoms with Gasteiger partial charge in [-0.2, -0.15) is 0 Å². The van der Waals surface area contributed by atoms with Gasteiger partial charge in [0.05, 0.1) is 31.3 Å². The van der Waals surface area contributed by atoms with E-state index < -0.39 is 17.9 Å². The van der Waals surface area contributed by atoms with E-state index in [9.17, 15) is 14.4 Å². The minimum absolute atomic E-state index is 0.0152. The summed E-state index contributed by atoms with van der Waals surface area (Å²) >= 11 is 0. The lowest BCUT2D eigenvalue weighted by Crippen LogP contribution is -2.45. The standard InChI is InChI=1S/C14H26N2O5/c1-9(2)20-6-5-12(17)11(7-13(15)18)16-14(19)8-21-10(3)4/h9-11H,5-8H2,1-4H3,(H2,15,18)(H,16,19). The SMILES string of the molecule is CC(C)OCCC(=O)C(CC(N)=O)NC(=O)COC(C)C. The number of nitrogens with two attached hydrogens (primary N) is 1. The first-order chi connectivity index (χ1) is 9.72. The fourth-order valence-electron chi connectivity index (χ4n) is 1.49. The average molecular weight is 302 g/mol. The van der Waals surface area contributed by atoms with Gasteiger partial charge in [-0.15, -0.1) is 0 Å². The van der Waals surface area contributed by atoms with E-state index in [0.29, 0.717) is 0 Å². The molecule has 0 heterocycles. The lowest BCUT2D eigenvalue weighted by atomic mass is 10.1. The topological polar surface area (TPSA) is 108 Å². The molecule has 7 heteroatoms. The Morgan fingerprint density at radius 1 is 1.05 bits per heavy atom. The van der Waals surface area contributed by atoms with Crippen molar-refractivity contribution < 1.29 is 23.9 Å². The Kier molecular flexibility index (Phi) is 9.56. The highest BCUT2D eigenvalue weighted by molar-refractivity contribution is 5.93. The Balaban J connectivity index is 4.39. The zero-order valence-electron chi connectivity index (χ0n) is 13.2. The molecule has 0 rings (SSSR count). The summed E-state index contributed by atoms with van der Waals surface area (Å²) in [5.41, 5.74) is 5.10. The minimum atomic E-state index is -0.929. The Hall–Kier alpha value is -1.47. The second-order valence-corrected chi connectivity index (χ2v) is 5.29. The van der Waals surface area contributed by atoms with E-state index in [1.165, 1.54) is 0 Å². The summed E-state index contributed by atoms with van der Waals surface area (Å²) in [6.07, 6.45) is -0.197. The maximum atomic E-state index is 12.0. The molecule has 3 N–H and O–H groups in total. The van der Waals surface area contributed by atoms with Crippen molar-refractivity contribution >= 4 is 17.6 Å². The molecular formula is C14H26N2O5. The first-order valence-corrected chi connectivity index (χ1v) is 7.06. The molecule has 0 aliphatic carbocycles. The van der Waals surface area contributed by atoms with Crippen molar-refractivity contribution in [2.75, 3.05) is 13.2 Å². The molecule has 0 saturated carbocycles. The van der Waals surface area contributed by atoms with Crippen LogP contribution >= 0.6 is 0 Å². The number of hydrogen-bond acceptors (Lipinski definition) is 5. The lowest BCUT2D eigenvalue weighted by molar-refractivity contribution is -0.133. The third-order valence-corrected chi connectivity index (χ3v) is 2.48. The zero-order valence-corrected chi connectivity index (χ0v) is 13.2.